The molecule has 7 heteroatoms. The van der Waals surface area contributed by atoms with E-state index in [4.69, 9.17) is 4.98 Å². The molecule has 0 radical (unpaired) electrons. The molecule has 166 valence electrons. The summed E-state index contributed by atoms with van der Waals surface area (Å²) in [6.45, 7) is 1.69. The molecule has 3 heterocycles. The van der Waals surface area contributed by atoms with Gasteiger partial charge in [-0.1, -0.05) is 43.2 Å². The Bertz CT molecular complexity index is 1150. The normalized spacial score (nSPS) is 19.4. The van der Waals surface area contributed by atoms with Gasteiger partial charge in [0.1, 0.15) is 5.52 Å². The Hall–Kier alpha value is -3.22. The molecule has 2 aliphatic rings. The monoisotopic (exact) mass is 431 g/mol. The first kappa shape index (κ1) is 20.7. The second-order valence-corrected chi connectivity index (χ2v) is 8.93. The number of hydrogen-bond donors (Lipinski definition) is 1. The van der Waals surface area contributed by atoms with Crippen LogP contribution in [0.4, 0.5) is 5.82 Å². The lowest BCUT2D eigenvalue weighted by Crippen LogP contribution is -2.47. The highest BCUT2D eigenvalue weighted by molar-refractivity contribution is 5.80. The topological polar surface area (TPSA) is 80.1 Å². The van der Waals surface area contributed by atoms with Gasteiger partial charge in [-0.05, 0) is 43.4 Å². The molecular formula is C25H29N5O2. The summed E-state index contributed by atoms with van der Waals surface area (Å²) in [4.78, 5) is 37.6. The zero-order chi connectivity index (χ0) is 21.9. The summed E-state index contributed by atoms with van der Waals surface area (Å²) < 4.78 is 1.70. The van der Waals surface area contributed by atoms with E-state index in [1.165, 1.54) is 12.8 Å². The van der Waals surface area contributed by atoms with Gasteiger partial charge in [0, 0.05) is 25.3 Å². The third-order valence-electron chi connectivity index (χ3n) is 6.66. The van der Waals surface area contributed by atoms with Crippen LogP contribution >= 0.6 is 0 Å². The number of hydrogen-bond acceptors (Lipinski definition) is 5. The minimum absolute atomic E-state index is 0.113. The second kappa shape index (κ2) is 9.10. The predicted molar refractivity (Wildman–Crippen MR) is 125 cm³/mol. The van der Waals surface area contributed by atoms with Crippen LogP contribution in [0.15, 0.2) is 53.5 Å². The molecule has 2 aromatic heterocycles. The molecule has 5 rings (SSSR count). The molecule has 1 N–H and O–H groups in total. The average Bonchev–Trinajstić information content (AvgIpc) is 3.34. The second-order valence-electron chi connectivity index (χ2n) is 8.93. The minimum atomic E-state index is -0.156. The van der Waals surface area contributed by atoms with Crippen LogP contribution < -0.4 is 15.8 Å². The molecule has 1 aliphatic heterocycles. The maximum Gasteiger partial charge on any atom is 0.295 e. The number of nitrogens with zero attached hydrogens (tertiary/aromatic N) is 4. The standard InChI is InChI=1S/C25H29N5O2/c31-24(27-20-11-4-5-12-20)19-10-7-15-29(17-19)23-25(32)30(16-18-8-2-1-3-9-18)22-21(28-23)13-6-14-26-22/h1-3,6,8-9,13-14,19-20H,4-5,7,10-12,15-17H2,(H,27,31). The van der Waals surface area contributed by atoms with E-state index in [2.05, 4.69) is 10.3 Å². The lowest BCUT2D eigenvalue weighted by molar-refractivity contribution is -0.125. The summed E-state index contributed by atoms with van der Waals surface area (Å²) >= 11 is 0. The van der Waals surface area contributed by atoms with Gasteiger partial charge in [0.2, 0.25) is 5.91 Å². The number of rotatable bonds is 5. The van der Waals surface area contributed by atoms with Gasteiger partial charge in [0.05, 0.1) is 12.5 Å². The van der Waals surface area contributed by atoms with E-state index < -0.39 is 0 Å². The first-order valence-electron chi connectivity index (χ1n) is 11.6. The van der Waals surface area contributed by atoms with Crippen LogP contribution in [0, 0.1) is 5.92 Å². The van der Waals surface area contributed by atoms with Crippen LogP contribution in [0.2, 0.25) is 0 Å². The van der Waals surface area contributed by atoms with Crippen LogP contribution in [0.5, 0.6) is 0 Å². The van der Waals surface area contributed by atoms with Crippen LogP contribution in [0.1, 0.15) is 44.1 Å². The molecule has 0 bridgehead atoms. The van der Waals surface area contributed by atoms with E-state index in [9.17, 15) is 9.59 Å². The molecule has 3 aromatic rings. The molecule has 1 amide bonds. The Kier molecular flexibility index (Phi) is 5.88. The number of anilines is 1. The SMILES string of the molecule is O=C(NC1CCCC1)C1CCCN(c2nc3cccnc3n(Cc3ccccc3)c2=O)C1. The van der Waals surface area contributed by atoms with Crippen molar-refractivity contribution >= 4 is 22.9 Å². The highest BCUT2D eigenvalue weighted by Crippen LogP contribution is 2.23. The highest BCUT2D eigenvalue weighted by Gasteiger charge is 2.30. The fourth-order valence-corrected chi connectivity index (χ4v) is 4.95. The quantitative estimate of drug-likeness (QED) is 0.671. The van der Waals surface area contributed by atoms with Gasteiger partial charge in [-0.15, -0.1) is 0 Å². The molecule has 1 aliphatic carbocycles. The Morgan fingerprint density at radius 3 is 2.66 bits per heavy atom. The van der Waals surface area contributed by atoms with Gasteiger partial charge in [-0.25, -0.2) is 9.97 Å². The van der Waals surface area contributed by atoms with Crippen molar-refractivity contribution in [1.29, 1.82) is 0 Å². The number of fused-ring (bicyclic) bond motifs is 1. The number of carbonyl (C=O) groups excluding carboxylic acids is 1. The summed E-state index contributed by atoms with van der Waals surface area (Å²) in [5.41, 5.74) is 2.15. The zero-order valence-corrected chi connectivity index (χ0v) is 18.2. The Morgan fingerprint density at radius 2 is 1.84 bits per heavy atom. The lowest BCUT2D eigenvalue weighted by atomic mass is 9.96. The van der Waals surface area contributed by atoms with Crippen molar-refractivity contribution in [2.45, 2.75) is 51.1 Å². The smallest absolute Gasteiger partial charge is 0.295 e. The van der Waals surface area contributed by atoms with Crippen molar-refractivity contribution in [1.82, 2.24) is 19.9 Å². The van der Waals surface area contributed by atoms with Crippen molar-refractivity contribution < 1.29 is 4.79 Å². The number of amides is 1. The molecule has 32 heavy (non-hydrogen) atoms. The fourth-order valence-electron chi connectivity index (χ4n) is 4.95. The third-order valence-corrected chi connectivity index (χ3v) is 6.66. The van der Waals surface area contributed by atoms with Gasteiger partial charge in [0.15, 0.2) is 11.5 Å². The molecular weight excluding hydrogens is 402 g/mol. The van der Waals surface area contributed by atoms with E-state index in [0.29, 0.717) is 36.1 Å². The van der Waals surface area contributed by atoms with Gasteiger partial charge in [-0.3, -0.25) is 14.2 Å². The minimum Gasteiger partial charge on any atom is -0.353 e. The largest absolute Gasteiger partial charge is 0.353 e. The summed E-state index contributed by atoms with van der Waals surface area (Å²) in [5.74, 6) is 0.422. The summed E-state index contributed by atoms with van der Waals surface area (Å²) in [6, 6.07) is 14.0. The maximum atomic E-state index is 13.6. The van der Waals surface area contributed by atoms with Gasteiger partial charge in [0.25, 0.3) is 5.56 Å². The van der Waals surface area contributed by atoms with Gasteiger partial charge < -0.3 is 10.2 Å². The lowest BCUT2D eigenvalue weighted by Gasteiger charge is -2.33. The van der Waals surface area contributed by atoms with Crippen molar-refractivity contribution in [2.75, 3.05) is 18.0 Å². The Labute approximate surface area is 187 Å². The molecule has 2 fully saturated rings. The molecule has 7 nitrogen and oxygen atoms in total. The molecule has 1 aromatic carbocycles. The van der Waals surface area contributed by atoms with Crippen LogP contribution in [-0.4, -0.2) is 39.6 Å². The van der Waals surface area contributed by atoms with Gasteiger partial charge in [-0.2, -0.15) is 0 Å². The first-order chi connectivity index (χ1) is 15.7. The molecule has 1 saturated heterocycles. The van der Waals surface area contributed by atoms with Crippen LogP contribution in [0.3, 0.4) is 0 Å². The number of pyridine rings is 1. The van der Waals surface area contributed by atoms with Crippen molar-refractivity contribution in [3.8, 4) is 0 Å². The van der Waals surface area contributed by atoms with Crippen molar-refractivity contribution in [2.24, 2.45) is 5.92 Å². The summed E-state index contributed by atoms with van der Waals surface area (Å²) in [5, 5.41) is 3.23. The number of nitrogens with one attached hydrogen (secondary N) is 1. The third kappa shape index (κ3) is 4.24. The number of piperidine rings is 1. The molecule has 0 spiro atoms. The fraction of sp³-hybridized carbons (Fsp3) is 0.440. The van der Waals surface area contributed by atoms with E-state index >= 15 is 0 Å². The number of aromatic nitrogens is 3. The number of carbonyl (C=O) groups is 1. The zero-order valence-electron chi connectivity index (χ0n) is 18.2. The number of benzene rings is 1. The Morgan fingerprint density at radius 1 is 1.03 bits per heavy atom. The summed E-state index contributed by atoms with van der Waals surface area (Å²) in [7, 11) is 0. The predicted octanol–water partition coefficient (Wildman–Crippen LogP) is 3.12. The Balaban J connectivity index is 1.45. The van der Waals surface area contributed by atoms with E-state index in [0.717, 1.165) is 37.8 Å². The van der Waals surface area contributed by atoms with Crippen LogP contribution in [0.25, 0.3) is 11.2 Å². The molecule has 1 unspecified atom stereocenters. The maximum absolute atomic E-state index is 13.6. The van der Waals surface area contributed by atoms with Crippen molar-refractivity contribution in [3.63, 3.8) is 0 Å². The van der Waals surface area contributed by atoms with E-state index in [-0.39, 0.29) is 17.4 Å². The van der Waals surface area contributed by atoms with E-state index in [1.54, 1.807) is 10.8 Å². The van der Waals surface area contributed by atoms with E-state index in [1.807, 2.05) is 47.4 Å². The summed E-state index contributed by atoms with van der Waals surface area (Å²) in [6.07, 6.45) is 7.94. The highest BCUT2D eigenvalue weighted by atomic mass is 16.2. The molecule has 1 saturated carbocycles. The molecule has 1 atom stereocenters. The van der Waals surface area contributed by atoms with Crippen molar-refractivity contribution in [3.05, 3.63) is 64.6 Å². The first-order valence-corrected chi connectivity index (χ1v) is 11.6. The van der Waals surface area contributed by atoms with Crippen LogP contribution in [-0.2, 0) is 11.3 Å². The average molecular weight is 432 g/mol. The van der Waals surface area contributed by atoms with Gasteiger partial charge >= 0.3 is 0 Å².